The minimum Gasteiger partial charge on any atom is -0.358 e. The Labute approximate surface area is 107 Å². The zero-order valence-electron chi connectivity index (χ0n) is 9.71. The number of sulfonamides is 1. The van der Waals surface area contributed by atoms with E-state index in [9.17, 15) is 27.7 Å². The zero-order valence-corrected chi connectivity index (χ0v) is 10.5. The van der Waals surface area contributed by atoms with Crippen molar-refractivity contribution in [2.24, 2.45) is 0 Å². The van der Waals surface area contributed by atoms with Crippen LogP contribution >= 0.6 is 0 Å². The van der Waals surface area contributed by atoms with Crippen LogP contribution < -0.4 is 10.0 Å². The van der Waals surface area contributed by atoms with Gasteiger partial charge in [0.05, 0.1) is 11.5 Å². The minimum absolute atomic E-state index is 0.605. The summed E-state index contributed by atoms with van der Waals surface area (Å²) in [7, 11) is -3.06. The predicted molar refractivity (Wildman–Crippen MR) is 62.3 cm³/mol. The molecule has 10 heteroatoms. The van der Waals surface area contributed by atoms with Crippen molar-refractivity contribution in [3.8, 4) is 0 Å². The van der Waals surface area contributed by atoms with E-state index in [0.29, 0.717) is 0 Å². The van der Waals surface area contributed by atoms with Gasteiger partial charge in [0, 0.05) is 7.05 Å². The lowest BCUT2D eigenvalue weighted by Crippen LogP contribution is -2.35. The van der Waals surface area contributed by atoms with Crippen LogP contribution in [0, 0.1) is 15.9 Å². The molecule has 0 unspecified atom stereocenters. The van der Waals surface area contributed by atoms with Crippen molar-refractivity contribution in [1.29, 1.82) is 0 Å². The summed E-state index contributed by atoms with van der Waals surface area (Å²) in [6, 6.07) is 2.68. The van der Waals surface area contributed by atoms with Crippen LogP contribution in [0.15, 0.2) is 23.1 Å². The van der Waals surface area contributed by atoms with Gasteiger partial charge in [0.2, 0.25) is 21.7 Å². The molecule has 0 radical (unpaired) electrons. The highest BCUT2D eigenvalue weighted by atomic mass is 32.2. The summed E-state index contributed by atoms with van der Waals surface area (Å²) in [5.41, 5.74) is -1.16. The van der Waals surface area contributed by atoms with Crippen molar-refractivity contribution < 1.29 is 22.5 Å². The van der Waals surface area contributed by atoms with Gasteiger partial charge in [0.15, 0.2) is 4.90 Å². The van der Waals surface area contributed by atoms with Crippen LogP contribution in [-0.2, 0) is 14.8 Å². The van der Waals surface area contributed by atoms with Gasteiger partial charge in [-0.05, 0) is 12.1 Å². The highest BCUT2D eigenvalue weighted by Gasteiger charge is 2.29. The molecule has 19 heavy (non-hydrogen) atoms. The van der Waals surface area contributed by atoms with E-state index in [-0.39, 0.29) is 0 Å². The van der Waals surface area contributed by atoms with Gasteiger partial charge in [0.25, 0.3) is 0 Å². The Morgan fingerprint density at radius 2 is 2.11 bits per heavy atom. The van der Waals surface area contributed by atoms with Crippen molar-refractivity contribution >= 4 is 21.6 Å². The molecule has 0 aromatic heterocycles. The molecule has 0 aliphatic heterocycles. The highest BCUT2D eigenvalue weighted by Crippen LogP contribution is 2.26. The summed E-state index contributed by atoms with van der Waals surface area (Å²) in [5.74, 6) is -1.91. The molecule has 8 nitrogen and oxygen atoms in total. The molecule has 1 aromatic carbocycles. The van der Waals surface area contributed by atoms with E-state index in [4.69, 9.17) is 0 Å². The van der Waals surface area contributed by atoms with Gasteiger partial charge in [-0.2, -0.15) is 4.39 Å². The second kappa shape index (κ2) is 5.71. The normalized spacial score (nSPS) is 11.1. The molecule has 1 amide bonds. The Hall–Kier alpha value is -2.07. The Kier molecular flexibility index (Phi) is 4.51. The predicted octanol–water partition coefficient (Wildman–Crippen LogP) is -0.242. The number of nitrogens with zero attached hydrogens (tertiary/aromatic N) is 1. The zero-order chi connectivity index (χ0) is 14.6. The number of nitro benzene ring substituents is 1. The summed E-state index contributed by atoms with van der Waals surface area (Å²) in [5, 5.41) is 12.8. The number of rotatable bonds is 5. The number of carbonyl (C=O) groups is 1. The van der Waals surface area contributed by atoms with Crippen LogP contribution in [0.25, 0.3) is 0 Å². The monoisotopic (exact) mass is 291 g/mol. The number of likely N-dealkylation sites (N-methyl/N-ethyl adjacent to an activating group) is 1. The van der Waals surface area contributed by atoms with Gasteiger partial charge < -0.3 is 5.32 Å². The summed E-state index contributed by atoms with van der Waals surface area (Å²) in [6.07, 6.45) is 0. The molecule has 1 aromatic rings. The average Bonchev–Trinajstić information content (AvgIpc) is 2.35. The van der Waals surface area contributed by atoms with Gasteiger partial charge in [-0.3, -0.25) is 14.9 Å². The fourth-order valence-corrected chi connectivity index (χ4v) is 2.38. The second-order valence-electron chi connectivity index (χ2n) is 3.34. The van der Waals surface area contributed by atoms with Crippen LogP contribution in [0.3, 0.4) is 0 Å². The first kappa shape index (κ1) is 15.0. The van der Waals surface area contributed by atoms with Crippen LogP contribution in [0.5, 0.6) is 0 Å². The molecule has 0 saturated carbocycles. The van der Waals surface area contributed by atoms with Crippen LogP contribution in [0.4, 0.5) is 10.1 Å². The quantitative estimate of drug-likeness (QED) is 0.573. The maximum absolute atomic E-state index is 13.3. The lowest BCUT2D eigenvalue weighted by Gasteiger charge is -2.06. The summed E-state index contributed by atoms with van der Waals surface area (Å²) < 4.78 is 38.7. The third-order valence-corrected chi connectivity index (χ3v) is 3.56. The van der Waals surface area contributed by atoms with Crippen molar-refractivity contribution in [2.45, 2.75) is 4.90 Å². The van der Waals surface area contributed by atoms with E-state index in [2.05, 4.69) is 5.32 Å². The third kappa shape index (κ3) is 3.45. The molecule has 0 atom stereocenters. The van der Waals surface area contributed by atoms with E-state index in [1.807, 2.05) is 4.72 Å². The smallest absolute Gasteiger partial charge is 0.324 e. The molecule has 0 saturated heterocycles. The van der Waals surface area contributed by atoms with E-state index in [1.165, 1.54) is 7.05 Å². The molecule has 0 aliphatic carbocycles. The van der Waals surface area contributed by atoms with E-state index < -0.39 is 43.8 Å². The van der Waals surface area contributed by atoms with E-state index in [0.717, 1.165) is 18.2 Å². The molecule has 0 aliphatic rings. The first-order valence-corrected chi connectivity index (χ1v) is 6.41. The van der Waals surface area contributed by atoms with Crippen molar-refractivity contribution in [3.05, 3.63) is 34.1 Å². The Morgan fingerprint density at radius 1 is 1.47 bits per heavy atom. The van der Waals surface area contributed by atoms with Gasteiger partial charge in [0.1, 0.15) is 0 Å². The van der Waals surface area contributed by atoms with Gasteiger partial charge in [-0.15, -0.1) is 0 Å². The summed E-state index contributed by atoms with van der Waals surface area (Å²) in [6.45, 7) is -0.605. The van der Waals surface area contributed by atoms with Crippen molar-refractivity contribution in [1.82, 2.24) is 10.0 Å². The minimum atomic E-state index is -4.36. The number of amides is 1. The standard InChI is InChI=1S/C9H10FN3O5S/c1-11-8(14)5-12-19(17,18)7-4-2-3-6(10)9(7)13(15)16/h2-4,12H,5H2,1H3,(H,11,14). The highest BCUT2D eigenvalue weighted by molar-refractivity contribution is 7.89. The van der Waals surface area contributed by atoms with Crippen LogP contribution in [0.2, 0.25) is 0 Å². The largest absolute Gasteiger partial charge is 0.358 e. The van der Waals surface area contributed by atoms with Gasteiger partial charge >= 0.3 is 5.69 Å². The van der Waals surface area contributed by atoms with Crippen LogP contribution in [-0.4, -0.2) is 32.8 Å². The fourth-order valence-electron chi connectivity index (χ4n) is 1.22. The molecular formula is C9H10FN3O5S. The lowest BCUT2D eigenvalue weighted by molar-refractivity contribution is -0.390. The topological polar surface area (TPSA) is 118 Å². The molecule has 0 bridgehead atoms. The maximum atomic E-state index is 13.3. The Morgan fingerprint density at radius 3 is 2.63 bits per heavy atom. The fraction of sp³-hybridized carbons (Fsp3) is 0.222. The number of nitrogens with one attached hydrogen (secondary N) is 2. The van der Waals surface area contributed by atoms with Gasteiger partial charge in [-0.1, -0.05) is 6.07 Å². The number of hydrogen-bond donors (Lipinski definition) is 2. The number of benzene rings is 1. The second-order valence-corrected chi connectivity index (χ2v) is 5.08. The average molecular weight is 291 g/mol. The first-order chi connectivity index (χ1) is 8.79. The summed E-state index contributed by atoms with van der Waals surface area (Å²) >= 11 is 0. The Balaban J connectivity index is 3.19. The third-order valence-electron chi connectivity index (χ3n) is 2.12. The van der Waals surface area contributed by atoms with Crippen molar-refractivity contribution in [3.63, 3.8) is 0 Å². The molecular weight excluding hydrogens is 281 g/mol. The molecule has 1 rings (SSSR count). The number of hydrogen-bond acceptors (Lipinski definition) is 5. The van der Waals surface area contributed by atoms with Gasteiger partial charge in [-0.25, -0.2) is 13.1 Å². The first-order valence-electron chi connectivity index (χ1n) is 4.92. The number of para-hydroxylation sites is 1. The Bertz CT molecular complexity index is 616. The number of halogens is 1. The lowest BCUT2D eigenvalue weighted by atomic mass is 10.3. The molecule has 0 heterocycles. The molecule has 2 N–H and O–H groups in total. The van der Waals surface area contributed by atoms with Crippen LogP contribution in [0.1, 0.15) is 0 Å². The van der Waals surface area contributed by atoms with Crippen molar-refractivity contribution in [2.75, 3.05) is 13.6 Å². The maximum Gasteiger partial charge on any atom is 0.324 e. The van der Waals surface area contributed by atoms with E-state index in [1.54, 1.807) is 0 Å². The number of carbonyl (C=O) groups excluding carboxylic acids is 1. The number of nitro groups is 1. The van der Waals surface area contributed by atoms with E-state index >= 15 is 0 Å². The molecule has 0 fully saturated rings. The SMILES string of the molecule is CNC(=O)CNS(=O)(=O)c1cccc(F)c1[N+](=O)[O-]. The summed E-state index contributed by atoms with van der Waals surface area (Å²) in [4.78, 5) is 19.6. The molecule has 104 valence electrons. The molecule has 0 spiro atoms.